The minimum absolute atomic E-state index is 0.109. The van der Waals surface area contributed by atoms with Crippen LogP contribution in [0, 0.1) is 6.92 Å². The second-order valence-corrected chi connectivity index (χ2v) is 5.22. The van der Waals surface area contributed by atoms with Gasteiger partial charge in [0, 0.05) is 24.1 Å². The average molecular weight is 313 g/mol. The largest absolute Gasteiger partial charge is 0.496 e. The summed E-state index contributed by atoms with van der Waals surface area (Å²) in [6, 6.07) is 4.95. The molecule has 4 nitrogen and oxygen atoms in total. The van der Waals surface area contributed by atoms with E-state index in [1.165, 1.54) is 7.11 Å². The van der Waals surface area contributed by atoms with Crippen molar-refractivity contribution in [3.8, 4) is 5.75 Å². The van der Waals surface area contributed by atoms with Crippen LogP contribution in [-0.4, -0.2) is 22.7 Å². The van der Waals surface area contributed by atoms with Gasteiger partial charge in [-0.3, -0.25) is 9.48 Å². The lowest BCUT2D eigenvalue weighted by molar-refractivity contribution is 0.0990. The van der Waals surface area contributed by atoms with Crippen LogP contribution < -0.4 is 4.74 Å². The quantitative estimate of drug-likeness (QED) is 0.812. The number of carbonyl (C=O) groups is 1. The first-order valence-electron chi connectivity index (χ1n) is 5.98. The SMILES string of the molecule is COc1ccc(Cl)cc1C(=O)Cc1c(C)nn(C)c1Cl. The third-order valence-corrected chi connectivity index (χ3v) is 3.78. The van der Waals surface area contributed by atoms with Crippen LogP contribution in [0.2, 0.25) is 10.2 Å². The molecule has 0 N–H and O–H groups in total. The molecule has 0 radical (unpaired) electrons. The molecule has 0 aliphatic rings. The number of nitrogens with zero attached hydrogens (tertiary/aromatic N) is 2. The molecule has 0 unspecified atom stereocenters. The fourth-order valence-corrected chi connectivity index (χ4v) is 2.44. The van der Waals surface area contributed by atoms with Crippen LogP contribution in [0.5, 0.6) is 5.75 Å². The van der Waals surface area contributed by atoms with Crippen molar-refractivity contribution in [3.05, 3.63) is 45.2 Å². The van der Waals surface area contributed by atoms with Crippen LogP contribution in [-0.2, 0) is 13.5 Å². The lowest BCUT2D eigenvalue weighted by atomic mass is 10.0. The summed E-state index contributed by atoms with van der Waals surface area (Å²) in [6.45, 7) is 1.82. The number of aromatic nitrogens is 2. The molecular weight excluding hydrogens is 299 g/mol. The summed E-state index contributed by atoms with van der Waals surface area (Å²) in [5.41, 5.74) is 1.91. The Balaban J connectivity index is 2.35. The number of ether oxygens (including phenoxy) is 1. The van der Waals surface area contributed by atoms with E-state index in [1.807, 2.05) is 6.92 Å². The molecular formula is C14H14Cl2N2O2. The summed E-state index contributed by atoms with van der Waals surface area (Å²) in [4.78, 5) is 12.4. The van der Waals surface area contributed by atoms with Crippen molar-refractivity contribution in [1.82, 2.24) is 9.78 Å². The Morgan fingerprint density at radius 3 is 2.65 bits per heavy atom. The molecule has 0 bridgehead atoms. The van der Waals surface area contributed by atoms with E-state index in [0.29, 0.717) is 21.5 Å². The molecule has 6 heteroatoms. The molecule has 1 heterocycles. The van der Waals surface area contributed by atoms with E-state index < -0.39 is 0 Å². The topological polar surface area (TPSA) is 44.1 Å². The van der Waals surface area contributed by atoms with Crippen LogP contribution in [0.1, 0.15) is 21.6 Å². The number of benzene rings is 1. The minimum Gasteiger partial charge on any atom is -0.496 e. The Morgan fingerprint density at radius 2 is 2.10 bits per heavy atom. The van der Waals surface area contributed by atoms with E-state index in [-0.39, 0.29) is 12.2 Å². The molecule has 2 rings (SSSR count). The third kappa shape index (κ3) is 2.81. The normalized spacial score (nSPS) is 10.7. The van der Waals surface area contributed by atoms with Crippen LogP contribution >= 0.6 is 23.2 Å². The van der Waals surface area contributed by atoms with Crippen LogP contribution in [0.3, 0.4) is 0 Å². The highest BCUT2D eigenvalue weighted by Crippen LogP contribution is 2.26. The zero-order chi connectivity index (χ0) is 14.9. The van der Waals surface area contributed by atoms with Gasteiger partial charge in [0.2, 0.25) is 0 Å². The van der Waals surface area contributed by atoms with Gasteiger partial charge >= 0.3 is 0 Å². The summed E-state index contributed by atoms with van der Waals surface area (Å²) >= 11 is 12.1. The van der Waals surface area contributed by atoms with Crippen molar-refractivity contribution < 1.29 is 9.53 Å². The Hall–Kier alpha value is -1.52. The van der Waals surface area contributed by atoms with Gasteiger partial charge in [0.15, 0.2) is 5.78 Å². The number of rotatable bonds is 4. The van der Waals surface area contributed by atoms with E-state index >= 15 is 0 Å². The fourth-order valence-electron chi connectivity index (χ4n) is 2.03. The Kier molecular flexibility index (Phi) is 4.35. The van der Waals surface area contributed by atoms with Gasteiger partial charge < -0.3 is 4.74 Å². The number of hydrogen-bond acceptors (Lipinski definition) is 3. The molecule has 0 fully saturated rings. The zero-order valence-corrected chi connectivity index (χ0v) is 12.9. The first-order valence-corrected chi connectivity index (χ1v) is 6.74. The van der Waals surface area contributed by atoms with E-state index in [2.05, 4.69) is 5.10 Å². The molecule has 0 amide bonds. The standard InChI is InChI=1S/C14H14Cl2N2O2/c1-8-10(14(16)18(2)17-8)7-12(19)11-6-9(15)4-5-13(11)20-3/h4-6H,7H2,1-3H3. The van der Waals surface area contributed by atoms with Gasteiger partial charge in [0.1, 0.15) is 10.9 Å². The monoisotopic (exact) mass is 312 g/mol. The van der Waals surface area contributed by atoms with Gasteiger partial charge in [-0.2, -0.15) is 5.10 Å². The molecule has 1 aromatic carbocycles. The van der Waals surface area contributed by atoms with Crippen molar-refractivity contribution in [2.24, 2.45) is 7.05 Å². The van der Waals surface area contributed by atoms with E-state index in [9.17, 15) is 4.79 Å². The number of halogens is 2. The van der Waals surface area contributed by atoms with Crippen molar-refractivity contribution in [3.63, 3.8) is 0 Å². The molecule has 0 aliphatic heterocycles. The lowest BCUT2D eigenvalue weighted by Crippen LogP contribution is -2.06. The molecule has 2 aromatic rings. The summed E-state index contributed by atoms with van der Waals surface area (Å²) in [7, 11) is 3.26. The van der Waals surface area contributed by atoms with Gasteiger partial charge in [-0.15, -0.1) is 0 Å². The maximum atomic E-state index is 12.4. The molecule has 0 atom stereocenters. The van der Waals surface area contributed by atoms with Crippen molar-refractivity contribution in [2.45, 2.75) is 13.3 Å². The fraction of sp³-hybridized carbons (Fsp3) is 0.286. The van der Waals surface area contributed by atoms with Crippen LogP contribution in [0.25, 0.3) is 0 Å². The van der Waals surface area contributed by atoms with Crippen LogP contribution in [0.4, 0.5) is 0 Å². The summed E-state index contributed by atoms with van der Waals surface area (Å²) in [5, 5.41) is 5.15. The van der Waals surface area contributed by atoms with Gasteiger partial charge in [0.25, 0.3) is 0 Å². The summed E-state index contributed by atoms with van der Waals surface area (Å²) in [5.74, 6) is 0.388. The highest BCUT2D eigenvalue weighted by Gasteiger charge is 2.19. The second-order valence-electron chi connectivity index (χ2n) is 4.42. The van der Waals surface area contributed by atoms with Gasteiger partial charge in [-0.05, 0) is 25.1 Å². The molecule has 0 aliphatic carbocycles. The maximum Gasteiger partial charge on any atom is 0.171 e. The number of aryl methyl sites for hydroxylation is 2. The zero-order valence-electron chi connectivity index (χ0n) is 11.4. The van der Waals surface area contributed by atoms with Gasteiger partial charge in [-0.25, -0.2) is 0 Å². The highest BCUT2D eigenvalue weighted by molar-refractivity contribution is 6.31. The lowest BCUT2D eigenvalue weighted by Gasteiger charge is -2.08. The first kappa shape index (κ1) is 14.9. The van der Waals surface area contributed by atoms with E-state index in [1.54, 1.807) is 29.9 Å². The molecule has 20 heavy (non-hydrogen) atoms. The number of ketones is 1. The predicted molar refractivity (Wildman–Crippen MR) is 79.0 cm³/mol. The number of carbonyl (C=O) groups excluding carboxylic acids is 1. The summed E-state index contributed by atoms with van der Waals surface area (Å²) < 4.78 is 6.74. The number of Topliss-reactive ketones (excluding diaryl/α,β-unsaturated/α-hetero) is 1. The Labute approximate surface area is 127 Å². The summed E-state index contributed by atoms with van der Waals surface area (Å²) in [6.07, 6.45) is 0.162. The van der Waals surface area contributed by atoms with Crippen molar-refractivity contribution in [1.29, 1.82) is 0 Å². The van der Waals surface area contributed by atoms with Crippen molar-refractivity contribution in [2.75, 3.05) is 7.11 Å². The van der Waals surface area contributed by atoms with Crippen LogP contribution in [0.15, 0.2) is 18.2 Å². The molecule has 0 saturated heterocycles. The maximum absolute atomic E-state index is 12.4. The Bertz CT molecular complexity index is 665. The van der Waals surface area contributed by atoms with Gasteiger partial charge in [-0.1, -0.05) is 23.2 Å². The molecule has 0 saturated carbocycles. The Morgan fingerprint density at radius 1 is 1.40 bits per heavy atom. The van der Waals surface area contributed by atoms with Gasteiger partial charge in [0.05, 0.1) is 18.4 Å². The third-order valence-electron chi connectivity index (χ3n) is 3.07. The molecule has 1 aromatic heterocycles. The van der Waals surface area contributed by atoms with Crippen molar-refractivity contribution >= 4 is 29.0 Å². The minimum atomic E-state index is -0.109. The number of hydrogen-bond donors (Lipinski definition) is 0. The smallest absolute Gasteiger partial charge is 0.171 e. The van der Waals surface area contributed by atoms with E-state index in [0.717, 1.165) is 11.3 Å². The second kappa shape index (κ2) is 5.85. The average Bonchev–Trinajstić information content (AvgIpc) is 2.65. The highest BCUT2D eigenvalue weighted by atomic mass is 35.5. The predicted octanol–water partition coefficient (Wildman–Crippen LogP) is 3.47. The molecule has 0 spiro atoms. The van der Waals surface area contributed by atoms with E-state index in [4.69, 9.17) is 27.9 Å². The number of methoxy groups -OCH3 is 1. The molecule has 106 valence electrons. The first-order chi connectivity index (χ1) is 9.43.